The third-order valence-electron chi connectivity index (χ3n) is 18.6. The first-order valence-electron chi connectivity index (χ1n) is 41.4. The molecule has 0 aliphatic rings. The number of hydrogen-bond acceptors (Lipinski definition) is 0. The van der Waals surface area contributed by atoms with Gasteiger partial charge in [-0.2, -0.15) is 0 Å². The molecule has 0 amide bonds. The molecule has 0 aliphatic carbocycles. The van der Waals surface area contributed by atoms with Crippen LogP contribution < -0.4 is 0 Å². The largest absolute Gasteiger partial charge is 0.0629 e. The molecule has 0 heteroatoms. The van der Waals surface area contributed by atoms with E-state index in [1.54, 1.807) is 51.4 Å². The molecular weight excluding hydrogens is 1210 g/mol. The molecule has 0 saturated carbocycles. The summed E-state index contributed by atoms with van der Waals surface area (Å²) in [6, 6.07) is 40.5. The third-order valence-corrected chi connectivity index (χ3v) is 18.6. The summed E-state index contributed by atoms with van der Waals surface area (Å²) in [5, 5.41) is 0. The second-order valence-electron chi connectivity index (χ2n) is 38.9. The number of rotatable bonds is 11. The van der Waals surface area contributed by atoms with Gasteiger partial charge in [0.2, 0.25) is 0 Å². The maximum atomic E-state index is 7.91. The summed E-state index contributed by atoms with van der Waals surface area (Å²) in [6.45, 7) is 92.1. The summed E-state index contributed by atoms with van der Waals surface area (Å²) >= 11 is 0. The zero-order valence-electron chi connectivity index (χ0n) is 77.8. The minimum absolute atomic E-state index is 0.00185. The molecule has 7 rings (SSSR count). The van der Waals surface area contributed by atoms with Gasteiger partial charge in [0.1, 0.15) is 0 Å². The van der Waals surface area contributed by atoms with Gasteiger partial charge >= 0.3 is 0 Å². The maximum absolute atomic E-state index is 7.91. The van der Waals surface area contributed by atoms with Crippen LogP contribution in [0.25, 0.3) is 0 Å². The molecule has 101 heavy (non-hydrogen) atoms. The average molecular weight is 1380 g/mol. The van der Waals surface area contributed by atoms with E-state index in [4.69, 9.17) is 5.48 Å². The Morgan fingerprint density at radius 3 is 0.901 bits per heavy atom. The molecule has 564 valence electrons. The Hall–Kier alpha value is -5.46. The minimum atomic E-state index is -0.331. The van der Waals surface area contributed by atoms with Crippen LogP contribution in [-0.2, 0) is 63.6 Å². The zero-order chi connectivity index (χ0) is 82.0. The summed E-state index contributed by atoms with van der Waals surface area (Å²) in [5.74, 6) is 4.43. The Morgan fingerprint density at radius 2 is 0.614 bits per heavy atom. The number of benzene rings is 7. The first kappa shape index (κ1) is 86.2. The van der Waals surface area contributed by atoms with Crippen molar-refractivity contribution in [3.05, 3.63) is 245 Å². The molecule has 0 unspecified atom stereocenters. The third kappa shape index (κ3) is 31.4. The monoisotopic (exact) mass is 1380 g/mol. The van der Waals surface area contributed by atoms with E-state index in [2.05, 4.69) is 365 Å². The highest BCUT2D eigenvalue weighted by Crippen LogP contribution is 2.41. The molecule has 0 heterocycles. The van der Waals surface area contributed by atoms with E-state index < -0.39 is 0 Å². The molecule has 7 aromatic carbocycles. The summed E-state index contributed by atoms with van der Waals surface area (Å²) < 4.78 is 31.0. The van der Waals surface area contributed by atoms with E-state index in [0.29, 0.717) is 46.1 Å². The van der Waals surface area contributed by atoms with Gasteiger partial charge in [-0.05, 0) is 233 Å². The lowest BCUT2D eigenvalue weighted by atomic mass is 9.74. The molecular formula is C101H160. The van der Waals surface area contributed by atoms with Crippen molar-refractivity contribution in [1.82, 2.24) is 0 Å². The van der Waals surface area contributed by atoms with Crippen LogP contribution in [0.4, 0.5) is 0 Å². The standard InChI is InChI=1S/C19H32.C18H30.C16H26.C14H22.C13H20.C11H16.C10H14/c1-12(2)15-10-16(13(3)4)18(19(7,8)9)17(11-15)14(5)6;1-13(2)11-15-9-8-10-16(12-14(3)4)17(15)18(5,6)7;1-11(2)13-9-8-10-14(12(3)4)15(13)16(5,6)7;1-6-11-9-8-10-12(7-2)13(11)14(3,4)5;1-9-7-10(2)12(11(3)8-9)13(4,5)6;1-9-6-5-7-10(8-9)11(2,3)4;1-10(2,3)9-7-5-4-6-8-9/h10-14H,1-9H3;8-10,13-14H,11-12H2,1-7H3;8-12H,1-7H3;8-10H,6-7H2,1-5H3;7-8H,1-6H3;5-8H,1-4H3;4-8H,1-3H3/i;;;;;5D,6D,7D,8D;. The van der Waals surface area contributed by atoms with Gasteiger partial charge in [-0.3, -0.25) is 0 Å². The van der Waals surface area contributed by atoms with Crippen LogP contribution in [-0.4, -0.2) is 0 Å². The van der Waals surface area contributed by atoms with Crippen molar-refractivity contribution in [3.63, 3.8) is 0 Å². The zero-order valence-corrected chi connectivity index (χ0v) is 73.8. The first-order chi connectivity index (χ1) is 47.6. The molecule has 0 nitrogen and oxygen atoms in total. The van der Waals surface area contributed by atoms with Crippen molar-refractivity contribution < 1.29 is 5.48 Å². The van der Waals surface area contributed by atoms with Crippen molar-refractivity contribution in [2.24, 2.45) is 11.8 Å². The second-order valence-corrected chi connectivity index (χ2v) is 38.9. The Bertz CT molecular complexity index is 3610. The van der Waals surface area contributed by atoms with Crippen LogP contribution in [0.3, 0.4) is 0 Å². The van der Waals surface area contributed by atoms with E-state index in [-0.39, 0.29) is 56.7 Å². The highest BCUT2D eigenvalue weighted by molar-refractivity contribution is 5.48. The lowest BCUT2D eigenvalue weighted by molar-refractivity contribution is 0.548. The smallest absolute Gasteiger partial charge is 0.0625 e. The summed E-state index contributed by atoms with van der Waals surface area (Å²) in [5.41, 5.74) is 29.4. The van der Waals surface area contributed by atoms with E-state index >= 15 is 0 Å². The van der Waals surface area contributed by atoms with Gasteiger partial charge in [-0.15, -0.1) is 0 Å². The summed E-state index contributed by atoms with van der Waals surface area (Å²) in [7, 11) is 0. The van der Waals surface area contributed by atoms with Gasteiger partial charge in [-0.1, -0.05) is 401 Å². The molecule has 0 atom stereocenters. The first-order valence-corrected chi connectivity index (χ1v) is 39.4. The van der Waals surface area contributed by atoms with Crippen molar-refractivity contribution in [3.8, 4) is 0 Å². The topological polar surface area (TPSA) is 0 Å². The van der Waals surface area contributed by atoms with Gasteiger partial charge in [0.05, 0.1) is 5.48 Å². The fourth-order valence-electron chi connectivity index (χ4n) is 14.4. The van der Waals surface area contributed by atoms with Gasteiger partial charge < -0.3 is 0 Å². The fraction of sp³-hybridized carbons (Fsp3) is 0.584. The van der Waals surface area contributed by atoms with Crippen LogP contribution >= 0.6 is 0 Å². The highest BCUT2D eigenvalue weighted by Gasteiger charge is 2.28. The predicted molar refractivity (Wildman–Crippen MR) is 461 cm³/mol. The van der Waals surface area contributed by atoms with Gasteiger partial charge in [0.15, 0.2) is 0 Å². The van der Waals surface area contributed by atoms with Crippen LogP contribution in [0.15, 0.2) is 133 Å². The molecule has 0 N–H and O–H groups in total. The molecule has 0 spiro atoms. The van der Waals surface area contributed by atoms with E-state index in [0.717, 1.165) is 24.7 Å². The van der Waals surface area contributed by atoms with Crippen LogP contribution in [0.5, 0.6) is 0 Å². The van der Waals surface area contributed by atoms with Crippen molar-refractivity contribution >= 4 is 0 Å². The fourth-order valence-corrected chi connectivity index (χ4v) is 14.4. The number of hydrogen-bond donors (Lipinski definition) is 0. The molecule has 0 bridgehead atoms. The summed E-state index contributed by atoms with van der Waals surface area (Å²) in [4.78, 5) is 0. The van der Waals surface area contributed by atoms with Crippen LogP contribution in [0.2, 0.25) is 0 Å². The Balaban J connectivity index is 0.000000617. The summed E-state index contributed by atoms with van der Waals surface area (Å²) in [6.07, 6.45) is 4.66. The predicted octanol–water partition coefficient (Wildman–Crippen LogP) is 31.3. The Labute approximate surface area is 635 Å². The van der Waals surface area contributed by atoms with Crippen LogP contribution in [0.1, 0.15) is 403 Å². The molecule has 0 aromatic heterocycles. The minimum Gasteiger partial charge on any atom is -0.0625 e. The van der Waals surface area contributed by atoms with Gasteiger partial charge in [0.25, 0.3) is 0 Å². The van der Waals surface area contributed by atoms with E-state index in [1.807, 2.05) is 20.8 Å². The molecule has 0 saturated heterocycles. The second kappa shape index (κ2) is 40.1. The van der Waals surface area contributed by atoms with Gasteiger partial charge in [0, 0.05) is 0 Å². The quantitative estimate of drug-likeness (QED) is 0.121. The average Bonchev–Trinajstić information content (AvgIpc) is 0.723. The Morgan fingerprint density at radius 1 is 0.297 bits per heavy atom. The lowest BCUT2D eigenvalue weighted by Crippen LogP contribution is -2.19. The Kier molecular flexibility index (Phi) is 34.3. The molecule has 0 radical (unpaired) electrons. The molecule has 0 aliphatic heterocycles. The van der Waals surface area contributed by atoms with Crippen molar-refractivity contribution in [2.75, 3.05) is 0 Å². The maximum Gasteiger partial charge on any atom is 0.0629 e. The van der Waals surface area contributed by atoms with E-state index in [9.17, 15) is 0 Å². The lowest BCUT2D eigenvalue weighted by Gasteiger charge is -2.31. The highest BCUT2D eigenvalue weighted by atomic mass is 14.3. The SMILES string of the molecule is CC(C)(C)c1ccccc1.CC(C)Cc1cccc(CC(C)C)c1C(C)(C)C.CC(C)c1cc(C(C)C)c(C(C)(C)C)c(C(C)C)c1.CC(C)c1cccc(C(C)C)c1C(C)(C)C.CCc1cccc(CC)c1C(C)(C)C.Cc1cc(C)c(C(C)(C)C)c(C)c1.[2H]c1c([2H])c(C)c([2H])c(C(C)(C)C)c1[2H]. The molecule has 0 fully saturated rings. The number of aryl methyl sites for hydroxylation is 5. The molecule has 7 aromatic rings. The van der Waals surface area contributed by atoms with Crippen molar-refractivity contribution in [1.29, 1.82) is 0 Å². The van der Waals surface area contributed by atoms with Crippen molar-refractivity contribution in [2.45, 2.75) is 377 Å². The van der Waals surface area contributed by atoms with E-state index in [1.165, 1.54) is 68.5 Å². The van der Waals surface area contributed by atoms with Gasteiger partial charge in [-0.25, -0.2) is 0 Å². The normalized spacial score (nSPS) is 12.8. The van der Waals surface area contributed by atoms with Crippen LogP contribution in [0, 0.1) is 39.5 Å².